The van der Waals surface area contributed by atoms with Gasteiger partial charge in [-0.1, -0.05) is 59.7 Å². The van der Waals surface area contributed by atoms with Crippen LogP contribution in [0.1, 0.15) is 5.56 Å². The molecule has 2 aromatic carbocycles. The molecule has 0 saturated heterocycles. The third-order valence-corrected chi connectivity index (χ3v) is 4.99. The van der Waals surface area contributed by atoms with Crippen molar-refractivity contribution in [2.45, 2.75) is 6.54 Å². The molecule has 0 bridgehead atoms. The number of aromatic amines is 1. The molecule has 5 aromatic rings. The second-order valence-corrected chi connectivity index (χ2v) is 6.88. The van der Waals surface area contributed by atoms with E-state index in [1.807, 2.05) is 48.5 Å². The Labute approximate surface area is 184 Å². The first-order chi connectivity index (χ1) is 14.7. The van der Waals surface area contributed by atoms with Crippen LogP contribution in [0, 0.1) is 0 Å². The molecule has 0 radical (unpaired) electrons. The van der Waals surface area contributed by atoms with Crippen molar-refractivity contribution < 1.29 is 5.11 Å². The first-order valence-corrected chi connectivity index (χ1v) is 9.49. The summed E-state index contributed by atoms with van der Waals surface area (Å²) in [4.78, 5) is 12.2. The standard InChI is InChI=1S/C23H18N6O.ClH/c24-13-14-6-8-16(9-7-14)20-17(15-4-2-1-3-5-15)12-18-19(26-20)10-11-25-21(18)22-27-23(30)29-28-22;/h1-12H,13,24H2,(H2,27,28,29,30);1H. The minimum atomic E-state index is -0.253. The van der Waals surface area contributed by atoms with Gasteiger partial charge >= 0.3 is 6.01 Å². The molecule has 3 aromatic heterocycles. The van der Waals surface area contributed by atoms with E-state index in [-0.39, 0.29) is 18.4 Å². The molecule has 0 fully saturated rings. The van der Waals surface area contributed by atoms with Crippen LogP contribution in [-0.4, -0.2) is 30.3 Å². The molecule has 0 spiro atoms. The molecule has 3 heterocycles. The SMILES string of the molecule is Cl.NCc1ccc(-c2nc3ccnc(-c4nnc(O)[nH]4)c3cc2-c2ccccc2)cc1. The number of hydrogen-bond donors (Lipinski definition) is 3. The van der Waals surface area contributed by atoms with E-state index in [2.05, 4.69) is 38.4 Å². The molecule has 0 saturated carbocycles. The highest BCUT2D eigenvalue weighted by Crippen LogP contribution is 2.35. The second-order valence-electron chi connectivity index (χ2n) is 6.88. The summed E-state index contributed by atoms with van der Waals surface area (Å²) in [5, 5.41) is 18.0. The van der Waals surface area contributed by atoms with Gasteiger partial charge in [-0.05, 0) is 23.3 Å². The van der Waals surface area contributed by atoms with E-state index in [4.69, 9.17) is 10.7 Å². The van der Waals surface area contributed by atoms with Crippen molar-refractivity contribution in [1.82, 2.24) is 25.1 Å². The molecule has 7 nitrogen and oxygen atoms in total. The maximum atomic E-state index is 9.57. The number of fused-ring (bicyclic) bond motifs is 1. The largest absolute Gasteiger partial charge is 0.479 e. The highest BCUT2D eigenvalue weighted by Gasteiger charge is 2.16. The number of rotatable bonds is 4. The maximum absolute atomic E-state index is 9.57. The molecule has 154 valence electrons. The summed E-state index contributed by atoms with van der Waals surface area (Å²) in [6.45, 7) is 0.496. The van der Waals surface area contributed by atoms with Crippen LogP contribution in [0.3, 0.4) is 0 Å². The Balaban J connectivity index is 0.00000231. The van der Waals surface area contributed by atoms with E-state index >= 15 is 0 Å². The van der Waals surface area contributed by atoms with Gasteiger partial charge in [-0.3, -0.25) is 9.97 Å². The monoisotopic (exact) mass is 430 g/mol. The summed E-state index contributed by atoms with van der Waals surface area (Å²) in [6.07, 6.45) is 1.67. The molecule has 5 rings (SSSR count). The van der Waals surface area contributed by atoms with E-state index in [9.17, 15) is 5.11 Å². The fraction of sp³-hybridized carbons (Fsp3) is 0.0435. The van der Waals surface area contributed by atoms with E-state index in [1.54, 1.807) is 6.20 Å². The minimum absolute atomic E-state index is 0. The van der Waals surface area contributed by atoms with E-state index < -0.39 is 0 Å². The quantitative estimate of drug-likeness (QED) is 0.391. The van der Waals surface area contributed by atoms with Crippen molar-refractivity contribution in [3.8, 4) is 39.9 Å². The van der Waals surface area contributed by atoms with Crippen LogP contribution in [0.2, 0.25) is 0 Å². The van der Waals surface area contributed by atoms with Crippen LogP contribution in [0.25, 0.3) is 44.8 Å². The van der Waals surface area contributed by atoms with Gasteiger partial charge in [0, 0.05) is 29.3 Å². The fourth-order valence-corrected chi connectivity index (χ4v) is 3.50. The topological polar surface area (TPSA) is 114 Å². The van der Waals surface area contributed by atoms with Crippen molar-refractivity contribution in [1.29, 1.82) is 0 Å². The van der Waals surface area contributed by atoms with Gasteiger partial charge < -0.3 is 10.8 Å². The van der Waals surface area contributed by atoms with Crippen LogP contribution in [0.5, 0.6) is 6.01 Å². The Morgan fingerprint density at radius 1 is 0.871 bits per heavy atom. The number of H-pyrrole nitrogens is 1. The van der Waals surface area contributed by atoms with Gasteiger partial charge in [0.25, 0.3) is 0 Å². The van der Waals surface area contributed by atoms with Crippen molar-refractivity contribution in [2.24, 2.45) is 5.73 Å². The van der Waals surface area contributed by atoms with Crippen LogP contribution in [-0.2, 0) is 6.54 Å². The second kappa shape index (κ2) is 8.51. The lowest BCUT2D eigenvalue weighted by Gasteiger charge is -2.13. The number of benzene rings is 2. The van der Waals surface area contributed by atoms with Crippen LogP contribution in [0.4, 0.5) is 0 Å². The molecule has 0 aliphatic rings. The minimum Gasteiger partial charge on any atom is -0.479 e. The zero-order valence-electron chi connectivity index (χ0n) is 16.4. The number of aromatic hydroxyl groups is 1. The van der Waals surface area contributed by atoms with E-state index in [0.29, 0.717) is 18.1 Å². The summed E-state index contributed by atoms with van der Waals surface area (Å²) < 4.78 is 0. The average Bonchev–Trinajstić information content (AvgIpc) is 3.24. The van der Waals surface area contributed by atoms with E-state index in [1.165, 1.54) is 0 Å². The molecular formula is C23H19ClN6O. The first-order valence-electron chi connectivity index (χ1n) is 9.49. The molecule has 4 N–H and O–H groups in total. The summed E-state index contributed by atoms with van der Waals surface area (Å²) in [6, 6.07) is 21.9. The average molecular weight is 431 g/mol. The van der Waals surface area contributed by atoms with Gasteiger partial charge in [-0.2, -0.15) is 0 Å². The fourth-order valence-electron chi connectivity index (χ4n) is 3.50. The van der Waals surface area contributed by atoms with Crippen LogP contribution >= 0.6 is 12.4 Å². The van der Waals surface area contributed by atoms with Crippen molar-refractivity contribution in [3.05, 3.63) is 78.5 Å². The predicted molar refractivity (Wildman–Crippen MR) is 123 cm³/mol. The van der Waals surface area contributed by atoms with Crippen molar-refractivity contribution in [3.63, 3.8) is 0 Å². The molecule has 0 atom stereocenters. The lowest BCUT2D eigenvalue weighted by atomic mass is 9.96. The van der Waals surface area contributed by atoms with Gasteiger partial charge in [0.05, 0.1) is 11.2 Å². The number of aromatic nitrogens is 5. The van der Waals surface area contributed by atoms with Gasteiger partial charge in [-0.25, -0.2) is 4.98 Å². The van der Waals surface area contributed by atoms with Crippen molar-refractivity contribution >= 4 is 23.3 Å². The molecule has 31 heavy (non-hydrogen) atoms. The Morgan fingerprint density at radius 3 is 2.32 bits per heavy atom. The molecule has 0 aliphatic heterocycles. The van der Waals surface area contributed by atoms with E-state index in [0.717, 1.165) is 38.9 Å². The lowest BCUT2D eigenvalue weighted by molar-refractivity contribution is 0.433. The molecule has 8 heteroatoms. The predicted octanol–water partition coefficient (Wildman–Crippen LogP) is 4.34. The molecule has 0 aliphatic carbocycles. The molecule has 0 amide bonds. The smallest absolute Gasteiger partial charge is 0.312 e. The number of nitrogens with zero attached hydrogens (tertiary/aromatic N) is 4. The van der Waals surface area contributed by atoms with Gasteiger partial charge in [0.2, 0.25) is 0 Å². The Hall–Kier alpha value is -3.81. The highest BCUT2D eigenvalue weighted by molar-refractivity contribution is 5.97. The Bertz CT molecular complexity index is 1340. The third kappa shape index (κ3) is 3.84. The number of hydrogen-bond acceptors (Lipinski definition) is 6. The number of halogens is 1. The number of pyridine rings is 2. The summed E-state index contributed by atoms with van der Waals surface area (Å²) in [5.74, 6) is 0.388. The normalized spacial score (nSPS) is 10.7. The number of nitrogens with two attached hydrogens (primary N) is 1. The molecule has 0 unspecified atom stereocenters. The molecular weight excluding hydrogens is 412 g/mol. The Kier molecular flexibility index (Phi) is 5.62. The zero-order chi connectivity index (χ0) is 20.5. The van der Waals surface area contributed by atoms with Crippen molar-refractivity contribution in [2.75, 3.05) is 0 Å². The summed E-state index contributed by atoms with van der Waals surface area (Å²) in [5.41, 5.74) is 12.1. The number of nitrogens with one attached hydrogen (secondary N) is 1. The van der Waals surface area contributed by atoms with Crippen LogP contribution < -0.4 is 5.73 Å². The zero-order valence-corrected chi connectivity index (χ0v) is 17.2. The highest BCUT2D eigenvalue weighted by atomic mass is 35.5. The first kappa shape index (κ1) is 20.5. The lowest BCUT2D eigenvalue weighted by Crippen LogP contribution is -1.97. The maximum Gasteiger partial charge on any atom is 0.312 e. The van der Waals surface area contributed by atoms with Gasteiger partial charge in [0.15, 0.2) is 5.82 Å². The summed E-state index contributed by atoms with van der Waals surface area (Å²) in [7, 11) is 0. The summed E-state index contributed by atoms with van der Waals surface area (Å²) >= 11 is 0. The van der Waals surface area contributed by atoms with Gasteiger partial charge in [-0.15, -0.1) is 17.5 Å². The Morgan fingerprint density at radius 2 is 1.65 bits per heavy atom. The van der Waals surface area contributed by atoms with Gasteiger partial charge in [0.1, 0.15) is 5.69 Å². The third-order valence-electron chi connectivity index (χ3n) is 4.99. The van der Waals surface area contributed by atoms with Crippen LogP contribution in [0.15, 0.2) is 72.9 Å².